The minimum Gasteiger partial charge on any atom is -0.475 e. The van der Waals surface area contributed by atoms with E-state index in [1.54, 1.807) is 0 Å². The fraction of sp³-hybridized carbons (Fsp3) is 0.318. The summed E-state index contributed by atoms with van der Waals surface area (Å²) in [7, 11) is 1.18. The molecule has 8 nitrogen and oxygen atoms in total. The van der Waals surface area contributed by atoms with E-state index < -0.39 is 47.3 Å². The van der Waals surface area contributed by atoms with Crippen LogP contribution in [-0.2, 0) is 14.3 Å². The molecule has 2 atom stereocenters. The third-order valence-corrected chi connectivity index (χ3v) is 6.08. The number of hydrogen-bond acceptors (Lipinski definition) is 6. The highest BCUT2D eigenvalue weighted by Gasteiger charge is 2.59. The monoisotopic (exact) mass is 444 g/mol. The number of rotatable bonds is 3. The highest BCUT2D eigenvalue weighted by atomic mass is 19.1. The number of ether oxygens (including phenoxy) is 2. The summed E-state index contributed by atoms with van der Waals surface area (Å²) in [5.74, 6) is -3.41. The van der Waals surface area contributed by atoms with Gasteiger partial charge in [-0.1, -0.05) is 0 Å². The van der Waals surface area contributed by atoms with Gasteiger partial charge in [-0.2, -0.15) is 0 Å². The first-order chi connectivity index (χ1) is 15.2. The van der Waals surface area contributed by atoms with E-state index in [1.165, 1.54) is 31.1 Å². The van der Waals surface area contributed by atoms with E-state index in [0.29, 0.717) is 12.8 Å². The molecule has 2 aromatic rings. The Hall–Kier alpha value is -3.53. The van der Waals surface area contributed by atoms with Crippen LogP contribution in [0.2, 0.25) is 0 Å². The van der Waals surface area contributed by atoms with Gasteiger partial charge in [-0.15, -0.1) is 0 Å². The van der Waals surface area contributed by atoms with Crippen LogP contribution in [0.5, 0.6) is 5.75 Å². The topological polar surface area (TPSA) is 96.4 Å². The normalized spacial score (nSPS) is 21.2. The molecule has 2 aliphatic heterocycles. The van der Waals surface area contributed by atoms with Gasteiger partial charge >= 0.3 is 5.97 Å². The zero-order valence-electron chi connectivity index (χ0n) is 17.1. The van der Waals surface area contributed by atoms with Crippen LogP contribution in [0.15, 0.2) is 30.3 Å². The van der Waals surface area contributed by atoms with Crippen LogP contribution in [0.4, 0.5) is 20.2 Å². The van der Waals surface area contributed by atoms with Crippen molar-refractivity contribution in [2.24, 2.45) is 0 Å². The van der Waals surface area contributed by atoms with E-state index in [4.69, 9.17) is 9.47 Å². The van der Waals surface area contributed by atoms with E-state index in [9.17, 15) is 23.9 Å². The van der Waals surface area contributed by atoms with Crippen LogP contribution in [-0.4, -0.2) is 41.6 Å². The average Bonchev–Trinajstić information content (AvgIpc) is 3.50. The Morgan fingerprint density at radius 3 is 2.59 bits per heavy atom. The Morgan fingerprint density at radius 1 is 1.22 bits per heavy atom. The van der Waals surface area contributed by atoms with E-state index in [1.807, 2.05) is 0 Å². The number of aliphatic hydroxyl groups excluding tert-OH is 1. The molecule has 3 aliphatic rings. The Kier molecular flexibility index (Phi) is 4.29. The maximum Gasteiger partial charge on any atom is 0.328 e. The minimum absolute atomic E-state index is 0.00355. The third kappa shape index (κ3) is 2.72. The molecular formula is C22H18F2N2O6. The molecule has 2 amide bonds. The second-order valence-corrected chi connectivity index (χ2v) is 8.02. The van der Waals surface area contributed by atoms with Crippen molar-refractivity contribution in [3.63, 3.8) is 0 Å². The number of aliphatic hydroxyl groups is 1. The standard InChI is InChI=1S/C22H18F2N2O6/c1-10(20(29)31-2)25-16-9-15(14(24)8-17(16)32-22(5-6-22)21(25)30)26-18(27)12-4-3-11(23)7-13(12)19(26)28/h3-4,7-10,19,28H,5-6H2,1-2H3. The number of fused-ring (bicyclic) bond motifs is 2. The van der Waals surface area contributed by atoms with E-state index in [-0.39, 0.29) is 28.3 Å². The summed E-state index contributed by atoms with van der Waals surface area (Å²) in [5, 5.41) is 10.7. The number of methoxy groups -OCH3 is 1. The molecule has 2 aromatic carbocycles. The summed E-state index contributed by atoms with van der Waals surface area (Å²) in [6, 6.07) is 4.41. The number of nitrogens with zero attached hydrogens (tertiary/aromatic N) is 2. The lowest BCUT2D eigenvalue weighted by molar-refractivity contribution is -0.144. The highest BCUT2D eigenvalue weighted by molar-refractivity contribution is 6.12. The number of carbonyl (C=O) groups excluding carboxylic acids is 3. The Balaban J connectivity index is 1.63. The average molecular weight is 444 g/mol. The Labute approximate surface area is 180 Å². The van der Waals surface area contributed by atoms with Crippen molar-refractivity contribution in [2.75, 3.05) is 16.9 Å². The van der Waals surface area contributed by atoms with Crippen molar-refractivity contribution in [1.29, 1.82) is 0 Å². The molecule has 2 heterocycles. The van der Waals surface area contributed by atoms with Gasteiger partial charge in [0.2, 0.25) is 0 Å². The third-order valence-electron chi connectivity index (χ3n) is 6.08. The predicted octanol–water partition coefficient (Wildman–Crippen LogP) is 2.44. The number of amides is 2. The number of carbonyl (C=O) groups is 3. The molecule has 1 aliphatic carbocycles. The van der Waals surface area contributed by atoms with Gasteiger partial charge in [0.05, 0.1) is 18.5 Å². The zero-order chi connectivity index (χ0) is 22.9. The number of hydrogen-bond donors (Lipinski definition) is 1. The molecule has 1 saturated carbocycles. The number of benzene rings is 2. The summed E-state index contributed by atoms with van der Waals surface area (Å²) in [6.45, 7) is 1.46. The lowest BCUT2D eigenvalue weighted by Crippen LogP contribution is -2.54. The molecule has 0 saturated heterocycles. The van der Waals surface area contributed by atoms with Crippen molar-refractivity contribution in [3.05, 3.63) is 53.1 Å². The van der Waals surface area contributed by atoms with Crippen molar-refractivity contribution in [1.82, 2.24) is 0 Å². The van der Waals surface area contributed by atoms with Gasteiger partial charge in [0.25, 0.3) is 11.8 Å². The Bertz CT molecular complexity index is 1200. The molecule has 0 radical (unpaired) electrons. The first kappa shape index (κ1) is 20.4. The first-order valence-corrected chi connectivity index (χ1v) is 9.93. The van der Waals surface area contributed by atoms with Crippen LogP contribution in [0.25, 0.3) is 0 Å². The number of esters is 1. The molecule has 166 valence electrons. The molecule has 0 aromatic heterocycles. The lowest BCUT2D eigenvalue weighted by Gasteiger charge is -2.38. The van der Waals surface area contributed by atoms with Gasteiger partial charge in [0.1, 0.15) is 17.6 Å². The summed E-state index contributed by atoms with van der Waals surface area (Å²) in [5.41, 5.74) is -1.41. The van der Waals surface area contributed by atoms with Gasteiger partial charge < -0.3 is 14.6 Å². The van der Waals surface area contributed by atoms with Crippen LogP contribution in [0.3, 0.4) is 0 Å². The number of halogens is 2. The summed E-state index contributed by atoms with van der Waals surface area (Å²) in [4.78, 5) is 40.2. The summed E-state index contributed by atoms with van der Waals surface area (Å²) >= 11 is 0. The van der Waals surface area contributed by atoms with Crippen molar-refractivity contribution in [3.8, 4) is 5.75 Å². The van der Waals surface area contributed by atoms with Gasteiger partial charge in [0, 0.05) is 30.0 Å². The molecule has 10 heteroatoms. The quantitative estimate of drug-likeness (QED) is 0.731. The maximum atomic E-state index is 15.1. The molecule has 5 rings (SSSR count). The van der Waals surface area contributed by atoms with Gasteiger partial charge in [0.15, 0.2) is 17.6 Å². The van der Waals surface area contributed by atoms with Crippen molar-refractivity contribution < 1.29 is 37.7 Å². The molecule has 1 spiro atoms. The molecule has 1 N–H and O–H groups in total. The second kappa shape index (κ2) is 6.73. The van der Waals surface area contributed by atoms with Crippen LogP contribution in [0.1, 0.15) is 41.9 Å². The fourth-order valence-corrected chi connectivity index (χ4v) is 4.22. The Morgan fingerprint density at radius 2 is 1.94 bits per heavy atom. The number of anilines is 2. The summed E-state index contributed by atoms with van der Waals surface area (Å²) < 4.78 is 39.3. The second-order valence-electron chi connectivity index (χ2n) is 8.02. The molecule has 0 bridgehead atoms. The van der Waals surface area contributed by atoms with Crippen LogP contribution < -0.4 is 14.5 Å². The highest BCUT2D eigenvalue weighted by Crippen LogP contribution is 2.52. The first-order valence-electron chi connectivity index (χ1n) is 9.93. The van der Waals surface area contributed by atoms with Gasteiger partial charge in [-0.3, -0.25) is 19.4 Å². The summed E-state index contributed by atoms with van der Waals surface area (Å²) in [6.07, 6.45) is -0.797. The van der Waals surface area contributed by atoms with Gasteiger partial charge in [-0.25, -0.2) is 13.6 Å². The van der Waals surface area contributed by atoms with Crippen LogP contribution in [0, 0.1) is 11.6 Å². The maximum absolute atomic E-state index is 15.1. The van der Waals surface area contributed by atoms with Gasteiger partial charge in [-0.05, 0) is 31.2 Å². The molecule has 1 fully saturated rings. The van der Waals surface area contributed by atoms with Crippen molar-refractivity contribution >= 4 is 29.2 Å². The fourth-order valence-electron chi connectivity index (χ4n) is 4.22. The van der Waals surface area contributed by atoms with E-state index in [0.717, 1.165) is 23.1 Å². The lowest BCUT2D eigenvalue weighted by atomic mass is 10.1. The van der Waals surface area contributed by atoms with Crippen LogP contribution >= 0.6 is 0 Å². The smallest absolute Gasteiger partial charge is 0.328 e. The van der Waals surface area contributed by atoms with E-state index >= 15 is 4.39 Å². The molecule has 32 heavy (non-hydrogen) atoms. The minimum atomic E-state index is -1.64. The van der Waals surface area contributed by atoms with Crippen molar-refractivity contribution in [2.45, 2.75) is 37.6 Å². The largest absolute Gasteiger partial charge is 0.475 e. The molecule has 2 unspecified atom stereocenters. The molecular weight excluding hydrogens is 426 g/mol. The zero-order valence-corrected chi connectivity index (χ0v) is 17.1. The predicted molar refractivity (Wildman–Crippen MR) is 106 cm³/mol. The van der Waals surface area contributed by atoms with E-state index in [2.05, 4.69) is 0 Å². The SMILES string of the molecule is COC(=O)C(C)N1C(=O)C2(CC2)Oc2cc(F)c(N3C(=O)c4ccc(F)cc4C3O)cc21.